The van der Waals surface area contributed by atoms with E-state index in [2.05, 4.69) is 12.6 Å². The Bertz CT molecular complexity index is 234. The third-order valence-corrected chi connectivity index (χ3v) is 4.03. The molecule has 0 bridgehead atoms. The highest BCUT2D eigenvalue weighted by Crippen LogP contribution is 2.25. The van der Waals surface area contributed by atoms with E-state index in [-0.39, 0.29) is 6.42 Å². The molecule has 6 heteroatoms. The van der Waals surface area contributed by atoms with E-state index >= 15 is 0 Å². The fraction of sp³-hybridized carbons (Fsp3) is 1.00. The van der Waals surface area contributed by atoms with Crippen LogP contribution in [0.25, 0.3) is 0 Å². The van der Waals surface area contributed by atoms with Crippen molar-refractivity contribution in [2.45, 2.75) is 31.1 Å². The summed E-state index contributed by atoms with van der Waals surface area (Å²) in [4.78, 5) is 0. The lowest BCUT2D eigenvalue weighted by atomic mass is 10.0. The maximum absolute atomic E-state index is 10.8. The van der Waals surface area contributed by atoms with Gasteiger partial charge in [-0.15, -0.1) is 0 Å². The minimum Gasteiger partial charge on any atom is -0.392 e. The predicted octanol–water partition coefficient (Wildman–Crippen LogP) is 0.334. The molecular weight excluding hydrogens is 200 g/mol. The van der Waals surface area contributed by atoms with Gasteiger partial charge in [0.15, 0.2) is 0 Å². The Kier molecular flexibility index (Phi) is 4.02. The van der Waals surface area contributed by atoms with Gasteiger partial charge >= 0.3 is 0 Å². The van der Waals surface area contributed by atoms with Gasteiger partial charge in [-0.3, -0.25) is 4.55 Å². The van der Waals surface area contributed by atoms with Gasteiger partial charge in [0, 0.05) is 0 Å². The zero-order valence-electron chi connectivity index (χ0n) is 7.06. The molecular formula is C6H14O4S2. The molecule has 0 aliphatic rings. The topological polar surface area (TPSA) is 74.6 Å². The van der Waals surface area contributed by atoms with E-state index in [0.29, 0.717) is 5.75 Å². The lowest BCUT2D eigenvalue weighted by Gasteiger charge is -2.28. The molecule has 2 unspecified atom stereocenters. The molecule has 0 saturated heterocycles. The normalized spacial score (nSPS) is 20.1. The number of aliphatic hydroxyl groups is 1. The van der Waals surface area contributed by atoms with Gasteiger partial charge in [0.05, 0.1) is 6.10 Å². The first-order valence-electron chi connectivity index (χ1n) is 3.51. The SMILES string of the molecule is CC(O)C(C)(CCS)S(=O)(=O)O. The lowest BCUT2D eigenvalue weighted by molar-refractivity contribution is 0.141. The first-order chi connectivity index (χ1) is 5.25. The van der Waals surface area contributed by atoms with Crippen LogP contribution < -0.4 is 0 Å². The summed E-state index contributed by atoms with van der Waals surface area (Å²) in [6.45, 7) is 2.63. The molecule has 0 amide bonds. The lowest BCUT2D eigenvalue weighted by Crippen LogP contribution is -2.45. The Morgan fingerprint density at radius 1 is 1.58 bits per heavy atom. The molecule has 0 aliphatic heterocycles. The predicted molar refractivity (Wildman–Crippen MR) is 50.1 cm³/mol. The van der Waals surface area contributed by atoms with Gasteiger partial charge in [-0.05, 0) is 26.0 Å². The molecule has 0 aliphatic carbocycles. The average molecular weight is 214 g/mol. The van der Waals surface area contributed by atoms with E-state index in [4.69, 9.17) is 9.66 Å². The maximum Gasteiger partial charge on any atom is 0.272 e. The summed E-state index contributed by atoms with van der Waals surface area (Å²) in [7, 11) is -4.22. The van der Waals surface area contributed by atoms with Crippen molar-refractivity contribution in [3.63, 3.8) is 0 Å². The Balaban J connectivity index is 4.89. The Labute approximate surface area is 78.1 Å². The van der Waals surface area contributed by atoms with Crippen LogP contribution in [0, 0.1) is 0 Å². The molecule has 0 radical (unpaired) electrons. The third kappa shape index (κ3) is 2.35. The first kappa shape index (κ1) is 12.2. The average Bonchev–Trinajstić information content (AvgIpc) is 1.85. The third-order valence-electron chi connectivity index (χ3n) is 2.08. The molecule has 0 aromatic rings. The van der Waals surface area contributed by atoms with Crippen molar-refractivity contribution in [1.29, 1.82) is 0 Å². The highest BCUT2D eigenvalue weighted by molar-refractivity contribution is 7.87. The van der Waals surface area contributed by atoms with Crippen molar-refractivity contribution in [2.75, 3.05) is 5.75 Å². The van der Waals surface area contributed by atoms with Crippen molar-refractivity contribution < 1.29 is 18.1 Å². The van der Waals surface area contributed by atoms with Crippen molar-refractivity contribution in [2.24, 2.45) is 0 Å². The highest BCUT2D eigenvalue weighted by atomic mass is 32.2. The molecule has 2 N–H and O–H groups in total. The van der Waals surface area contributed by atoms with E-state index in [0.717, 1.165) is 0 Å². The monoisotopic (exact) mass is 214 g/mol. The summed E-state index contributed by atoms with van der Waals surface area (Å²) < 4.78 is 29.0. The molecule has 12 heavy (non-hydrogen) atoms. The number of aliphatic hydroxyl groups excluding tert-OH is 1. The van der Waals surface area contributed by atoms with Crippen molar-refractivity contribution in [3.8, 4) is 0 Å². The van der Waals surface area contributed by atoms with Gasteiger partial charge in [0.2, 0.25) is 0 Å². The maximum atomic E-state index is 10.8. The summed E-state index contributed by atoms with van der Waals surface area (Å²) in [5.74, 6) is 0.293. The molecule has 0 aromatic carbocycles. The standard InChI is InChI=1S/C6H14O4S2/c1-5(7)6(2,3-4-11)12(8,9)10/h5,7,11H,3-4H2,1-2H3,(H,8,9,10). The Hall–Kier alpha value is 0.220. The fourth-order valence-electron chi connectivity index (χ4n) is 0.775. The van der Waals surface area contributed by atoms with Crippen LogP contribution in [0.15, 0.2) is 0 Å². The number of hydrogen-bond acceptors (Lipinski definition) is 4. The summed E-state index contributed by atoms with van der Waals surface area (Å²) in [5.41, 5.74) is 0. The quantitative estimate of drug-likeness (QED) is 0.466. The van der Waals surface area contributed by atoms with Gasteiger partial charge in [-0.1, -0.05) is 0 Å². The molecule has 4 nitrogen and oxygen atoms in total. The molecule has 0 heterocycles. The first-order valence-corrected chi connectivity index (χ1v) is 5.59. The summed E-state index contributed by atoms with van der Waals surface area (Å²) in [5, 5.41) is 9.17. The van der Waals surface area contributed by atoms with Crippen LogP contribution in [-0.4, -0.2) is 34.7 Å². The summed E-state index contributed by atoms with van der Waals surface area (Å²) >= 11 is 3.85. The molecule has 0 saturated carbocycles. The number of thiol groups is 1. The van der Waals surface area contributed by atoms with E-state index in [9.17, 15) is 8.42 Å². The van der Waals surface area contributed by atoms with Gasteiger partial charge in [0.25, 0.3) is 10.1 Å². The Morgan fingerprint density at radius 3 is 2.08 bits per heavy atom. The number of rotatable bonds is 4. The minimum absolute atomic E-state index is 0.118. The van der Waals surface area contributed by atoms with Crippen molar-refractivity contribution >= 4 is 22.7 Å². The number of hydrogen-bond donors (Lipinski definition) is 3. The van der Waals surface area contributed by atoms with E-state index in [1.807, 2.05) is 0 Å². The van der Waals surface area contributed by atoms with Crippen LogP contribution in [0.5, 0.6) is 0 Å². The second-order valence-corrected chi connectivity index (χ2v) is 5.27. The largest absolute Gasteiger partial charge is 0.392 e. The minimum atomic E-state index is -4.22. The molecule has 0 aromatic heterocycles. The van der Waals surface area contributed by atoms with E-state index < -0.39 is 21.0 Å². The fourth-order valence-corrected chi connectivity index (χ4v) is 2.18. The highest BCUT2D eigenvalue weighted by Gasteiger charge is 2.41. The van der Waals surface area contributed by atoms with Crippen LogP contribution in [0.1, 0.15) is 20.3 Å². The molecule has 74 valence electrons. The second kappa shape index (κ2) is 3.95. The van der Waals surface area contributed by atoms with Crippen molar-refractivity contribution in [1.82, 2.24) is 0 Å². The van der Waals surface area contributed by atoms with Crippen LogP contribution in [0.3, 0.4) is 0 Å². The Morgan fingerprint density at radius 2 is 2.00 bits per heavy atom. The van der Waals surface area contributed by atoms with Crippen LogP contribution in [0.4, 0.5) is 0 Å². The second-order valence-electron chi connectivity index (χ2n) is 2.94. The molecule has 0 spiro atoms. The van der Waals surface area contributed by atoms with Crippen LogP contribution >= 0.6 is 12.6 Å². The zero-order chi connectivity index (χ0) is 9.99. The van der Waals surface area contributed by atoms with Crippen molar-refractivity contribution in [3.05, 3.63) is 0 Å². The van der Waals surface area contributed by atoms with E-state index in [1.165, 1.54) is 13.8 Å². The molecule has 0 fully saturated rings. The smallest absolute Gasteiger partial charge is 0.272 e. The van der Waals surface area contributed by atoms with Crippen LogP contribution in [-0.2, 0) is 10.1 Å². The summed E-state index contributed by atoms with van der Waals surface area (Å²) in [6.07, 6.45) is -0.994. The van der Waals surface area contributed by atoms with Crippen LogP contribution in [0.2, 0.25) is 0 Å². The van der Waals surface area contributed by atoms with Gasteiger partial charge in [-0.2, -0.15) is 21.0 Å². The molecule has 0 rings (SSSR count). The van der Waals surface area contributed by atoms with Gasteiger partial charge < -0.3 is 5.11 Å². The van der Waals surface area contributed by atoms with Gasteiger partial charge in [-0.25, -0.2) is 0 Å². The van der Waals surface area contributed by atoms with Gasteiger partial charge in [0.1, 0.15) is 4.75 Å². The molecule has 2 atom stereocenters. The summed E-state index contributed by atoms with van der Waals surface area (Å²) in [6, 6.07) is 0. The van der Waals surface area contributed by atoms with E-state index in [1.54, 1.807) is 0 Å². The zero-order valence-corrected chi connectivity index (χ0v) is 8.77.